The summed E-state index contributed by atoms with van der Waals surface area (Å²) in [5.41, 5.74) is 1.73. The lowest BCUT2D eigenvalue weighted by Gasteiger charge is -2.31. The predicted octanol–water partition coefficient (Wildman–Crippen LogP) is 1.97. The van der Waals surface area contributed by atoms with Crippen molar-refractivity contribution in [3.8, 4) is 0 Å². The zero-order chi connectivity index (χ0) is 21.2. The van der Waals surface area contributed by atoms with E-state index in [1.54, 1.807) is 6.92 Å². The van der Waals surface area contributed by atoms with Gasteiger partial charge >= 0.3 is 5.97 Å². The lowest BCUT2D eigenvalue weighted by Crippen LogP contribution is -2.45. The van der Waals surface area contributed by atoms with Gasteiger partial charge in [0.1, 0.15) is 5.82 Å². The van der Waals surface area contributed by atoms with E-state index in [-0.39, 0.29) is 22.2 Å². The number of nitrogens with one attached hydrogen (secondary N) is 2. The monoisotopic (exact) mass is 435 g/mol. The average Bonchev–Trinajstić information content (AvgIpc) is 2.67. The Balaban J connectivity index is 2.15. The Bertz CT molecular complexity index is 1080. The highest BCUT2D eigenvalue weighted by molar-refractivity contribution is 7.89. The number of thiocarbonyl (C=S) groups is 1. The van der Waals surface area contributed by atoms with Crippen LogP contribution in [-0.4, -0.2) is 26.1 Å². The smallest absolute Gasteiger partial charge is 0.338 e. The van der Waals surface area contributed by atoms with Gasteiger partial charge in [-0.3, -0.25) is 0 Å². The molecule has 1 atom stereocenters. The van der Waals surface area contributed by atoms with E-state index in [1.165, 1.54) is 48.5 Å². The van der Waals surface area contributed by atoms with E-state index >= 15 is 0 Å². The largest absolute Gasteiger partial charge is 0.463 e. The first-order valence-electron chi connectivity index (χ1n) is 8.58. The molecule has 2 aromatic carbocycles. The molecule has 0 fully saturated rings. The number of ether oxygens (including phenoxy) is 1. The number of benzene rings is 2. The Morgan fingerprint density at radius 2 is 1.79 bits per heavy atom. The maximum Gasteiger partial charge on any atom is 0.338 e. The van der Waals surface area contributed by atoms with Gasteiger partial charge in [-0.1, -0.05) is 12.1 Å². The van der Waals surface area contributed by atoms with E-state index in [1.807, 2.05) is 0 Å². The molecular formula is C19H18FN3O4S2. The van der Waals surface area contributed by atoms with E-state index in [4.69, 9.17) is 22.1 Å². The van der Waals surface area contributed by atoms with Crippen molar-refractivity contribution < 1.29 is 22.3 Å². The fraction of sp³-hybridized carbons (Fsp3) is 0.158. The number of hydrogen-bond acceptors (Lipinski definition) is 5. The van der Waals surface area contributed by atoms with Crippen LogP contribution in [-0.2, 0) is 19.6 Å². The van der Waals surface area contributed by atoms with Crippen LogP contribution in [0, 0.1) is 5.82 Å². The molecule has 0 aliphatic carbocycles. The van der Waals surface area contributed by atoms with Crippen molar-refractivity contribution in [2.75, 3.05) is 6.61 Å². The minimum absolute atomic E-state index is 0.0572. The summed E-state index contributed by atoms with van der Waals surface area (Å²) in [6.45, 7) is 1.83. The van der Waals surface area contributed by atoms with Gasteiger partial charge in [0, 0.05) is 0 Å². The molecule has 1 aliphatic heterocycles. The van der Waals surface area contributed by atoms with Crippen LogP contribution >= 0.6 is 12.2 Å². The number of carbonyl (C=O) groups excluding carboxylic acids is 1. The molecule has 10 heteroatoms. The quantitative estimate of drug-likeness (QED) is 0.486. The summed E-state index contributed by atoms with van der Waals surface area (Å²) >= 11 is 5.28. The van der Waals surface area contributed by atoms with Crippen LogP contribution in [0.3, 0.4) is 0 Å². The standard InChI is InChI=1S/C19H18FN3O4S2/c1-2-27-18(24)15-16(11-3-7-13(20)8-4-11)22-19(28)23-17(15)12-5-9-14(10-6-12)29(21,25)26/h3-10,17H,2H2,1H3,(H2,21,25,26)(H2,22,23,28). The zero-order valence-electron chi connectivity index (χ0n) is 15.3. The molecule has 1 heterocycles. The minimum atomic E-state index is -3.86. The normalized spacial score (nSPS) is 16.8. The maximum absolute atomic E-state index is 13.4. The Hall–Kier alpha value is -2.82. The highest BCUT2D eigenvalue weighted by Crippen LogP contribution is 2.32. The number of hydrogen-bond donors (Lipinski definition) is 3. The van der Waals surface area contributed by atoms with Gasteiger partial charge in [0.2, 0.25) is 10.0 Å². The number of esters is 1. The molecule has 7 nitrogen and oxygen atoms in total. The van der Waals surface area contributed by atoms with Gasteiger partial charge in [0.15, 0.2) is 5.11 Å². The SMILES string of the molecule is CCOC(=O)C1=C(c2ccc(F)cc2)NC(=S)NC1c1ccc(S(N)(=O)=O)cc1. The number of nitrogens with two attached hydrogens (primary N) is 1. The third-order valence-corrected chi connectivity index (χ3v) is 5.39. The zero-order valence-corrected chi connectivity index (χ0v) is 16.9. The van der Waals surface area contributed by atoms with Gasteiger partial charge in [-0.05, 0) is 66.7 Å². The van der Waals surface area contributed by atoms with E-state index in [0.717, 1.165) is 0 Å². The Morgan fingerprint density at radius 3 is 2.34 bits per heavy atom. The molecule has 4 N–H and O–H groups in total. The fourth-order valence-electron chi connectivity index (χ4n) is 2.94. The highest BCUT2D eigenvalue weighted by Gasteiger charge is 2.33. The molecule has 0 radical (unpaired) electrons. The first-order chi connectivity index (χ1) is 13.7. The number of halogens is 1. The third-order valence-electron chi connectivity index (χ3n) is 4.24. The Kier molecular flexibility index (Phi) is 5.96. The number of primary sulfonamides is 1. The van der Waals surface area contributed by atoms with Crippen LogP contribution in [0.1, 0.15) is 24.1 Å². The van der Waals surface area contributed by atoms with Crippen LogP contribution in [0.25, 0.3) is 5.70 Å². The van der Waals surface area contributed by atoms with Crippen LogP contribution in [0.2, 0.25) is 0 Å². The first kappa shape index (κ1) is 20.9. The minimum Gasteiger partial charge on any atom is -0.463 e. The molecule has 0 aromatic heterocycles. The van der Waals surface area contributed by atoms with Gasteiger partial charge in [-0.25, -0.2) is 22.7 Å². The van der Waals surface area contributed by atoms with E-state index < -0.39 is 27.9 Å². The van der Waals surface area contributed by atoms with Crippen LogP contribution < -0.4 is 15.8 Å². The summed E-state index contributed by atoms with van der Waals surface area (Å²) in [5.74, 6) is -1.01. The van der Waals surface area contributed by atoms with Crippen LogP contribution in [0.5, 0.6) is 0 Å². The van der Waals surface area contributed by atoms with Crippen molar-refractivity contribution in [2.45, 2.75) is 17.9 Å². The highest BCUT2D eigenvalue weighted by atomic mass is 32.2. The molecule has 0 bridgehead atoms. The second kappa shape index (κ2) is 8.27. The van der Waals surface area contributed by atoms with Crippen molar-refractivity contribution in [2.24, 2.45) is 5.14 Å². The van der Waals surface area contributed by atoms with Gasteiger partial charge < -0.3 is 15.4 Å². The topological polar surface area (TPSA) is 111 Å². The van der Waals surface area contributed by atoms with Crippen molar-refractivity contribution in [1.29, 1.82) is 0 Å². The summed E-state index contributed by atoms with van der Waals surface area (Å²) in [5, 5.41) is 11.3. The van der Waals surface area contributed by atoms with Crippen molar-refractivity contribution in [3.63, 3.8) is 0 Å². The first-order valence-corrected chi connectivity index (χ1v) is 10.5. The Labute approximate surface area is 172 Å². The molecule has 1 aliphatic rings. The Morgan fingerprint density at radius 1 is 1.17 bits per heavy atom. The second-order valence-corrected chi connectivity index (χ2v) is 8.13. The predicted molar refractivity (Wildman–Crippen MR) is 109 cm³/mol. The molecule has 29 heavy (non-hydrogen) atoms. The number of rotatable bonds is 5. The molecule has 1 unspecified atom stereocenters. The van der Waals surface area contributed by atoms with E-state index in [2.05, 4.69) is 10.6 Å². The molecule has 2 aromatic rings. The van der Waals surface area contributed by atoms with Gasteiger partial charge in [-0.2, -0.15) is 0 Å². The summed E-state index contributed by atoms with van der Waals surface area (Å²) in [6.07, 6.45) is 0. The number of carbonyl (C=O) groups is 1. The molecule has 0 saturated carbocycles. The van der Waals surface area contributed by atoms with E-state index in [0.29, 0.717) is 16.8 Å². The number of sulfonamides is 1. The molecular weight excluding hydrogens is 417 g/mol. The molecule has 152 valence electrons. The van der Waals surface area contributed by atoms with Crippen molar-refractivity contribution in [3.05, 3.63) is 71.0 Å². The summed E-state index contributed by atoms with van der Waals surface area (Å²) in [6, 6.07) is 10.6. The van der Waals surface area contributed by atoms with Crippen LogP contribution in [0.4, 0.5) is 4.39 Å². The summed E-state index contributed by atoms with van der Waals surface area (Å²) in [7, 11) is -3.86. The van der Waals surface area contributed by atoms with Crippen LogP contribution in [0.15, 0.2) is 59.0 Å². The summed E-state index contributed by atoms with van der Waals surface area (Å²) in [4.78, 5) is 12.7. The van der Waals surface area contributed by atoms with Gasteiger partial charge in [-0.15, -0.1) is 0 Å². The lowest BCUT2D eigenvalue weighted by molar-refractivity contribution is -0.138. The molecule has 3 rings (SSSR count). The van der Waals surface area contributed by atoms with Crippen molar-refractivity contribution >= 4 is 39.0 Å². The maximum atomic E-state index is 13.4. The molecule has 0 saturated heterocycles. The summed E-state index contributed by atoms with van der Waals surface area (Å²) < 4.78 is 41.6. The second-order valence-electron chi connectivity index (χ2n) is 6.16. The van der Waals surface area contributed by atoms with Crippen molar-refractivity contribution in [1.82, 2.24) is 10.6 Å². The average molecular weight is 436 g/mol. The van der Waals surface area contributed by atoms with Gasteiger partial charge in [0.25, 0.3) is 0 Å². The lowest BCUT2D eigenvalue weighted by atomic mass is 9.93. The third kappa shape index (κ3) is 4.61. The van der Waals surface area contributed by atoms with E-state index in [9.17, 15) is 17.6 Å². The fourth-order valence-corrected chi connectivity index (χ4v) is 3.67. The molecule has 0 spiro atoms. The molecule has 0 amide bonds. The van der Waals surface area contributed by atoms with Gasteiger partial charge in [0.05, 0.1) is 28.8 Å².